The van der Waals surface area contributed by atoms with Crippen molar-refractivity contribution in [1.29, 1.82) is 0 Å². The van der Waals surface area contributed by atoms with Crippen LogP contribution in [-0.2, 0) is 6.42 Å². The molecule has 1 aliphatic heterocycles. The van der Waals surface area contributed by atoms with Gasteiger partial charge in [-0.2, -0.15) is 0 Å². The van der Waals surface area contributed by atoms with Crippen molar-refractivity contribution in [2.75, 3.05) is 6.54 Å². The molecule has 3 nitrogen and oxygen atoms in total. The third-order valence-electron chi connectivity index (χ3n) is 3.78. The zero-order chi connectivity index (χ0) is 13.2. The van der Waals surface area contributed by atoms with Gasteiger partial charge in [-0.1, -0.05) is 24.6 Å². The average molecular weight is 311 g/mol. The van der Waals surface area contributed by atoms with E-state index in [2.05, 4.69) is 17.4 Å². The van der Waals surface area contributed by atoms with Gasteiger partial charge in [-0.3, -0.25) is 4.79 Å². The van der Waals surface area contributed by atoms with E-state index in [4.69, 9.17) is 5.73 Å². The highest BCUT2D eigenvalue weighted by molar-refractivity contribution is 7.21. The number of nitrogens with two attached hydrogens (primary N) is 1. The van der Waals surface area contributed by atoms with Gasteiger partial charge in [0.1, 0.15) is 0 Å². The smallest absolute Gasteiger partial charge is 0.259 e. The first-order valence-corrected chi connectivity index (χ1v) is 7.61. The van der Waals surface area contributed by atoms with E-state index in [0.29, 0.717) is 6.04 Å². The van der Waals surface area contributed by atoms with E-state index in [1.165, 1.54) is 36.0 Å². The first kappa shape index (κ1) is 15.3. The summed E-state index contributed by atoms with van der Waals surface area (Å²) in [7, 11) is 0. The molecule has 20 heavy (non-hydrogen) atoms. The molecule has 0 bridgehead atoms. The van der Waals surface area contributed by atoms with Crippen LogP contribution in [0.4, 0.5) is 0 Å². The third kappa shape index (κ3) is 2.97. The van der Waals surface area contributed by atoms with Crippen LogP contribution in [0, 0.1) is 0 Å². The number of amides is 1. The molecule has 1 fully saturated rings. The standard InChI is InChI=1S/C15H18N2OS.ClH/c16-15(18)14-12(9-10-5-3-4-8-17-10)11-6-1-2-7-13(11)19-14;/h1-2,6-7,10,17H,3-5,8-9H2,(H2,16,18);1H. The van der Waals surface area contributed by atoms with Crippen LogP contribution < -0.4 is 11.1 Å². The summed E-state index contributed by atoms with van der Waals surface area (Å²) in [5, 5.41) is 4.73. The van der Waals surface area contributed by atoms with E-state index in [9.17, 15) is 4.79 Å². The molecular weight excluding hydrogens is 292 g/mol. The molecule has 1 amide bonds. The lowest BCUT2D eigenvalue weighted by Crippen LogP contribution is -2.35. The summed E-state index contributed by atoms with van der Waals surface area (Å²) in [4.78, 5) is 12.4. The van der Waals surface area contributed by atoms with E-state index in [-0.39, 0.29) is 18.3 Å². The van der Waals surface area contributed by atoms with Crippen LogP contribution in [0.5, 0.6) is 0 Å². The summed E-state index contributed by atoms with van der Waals surface area (Å²) in [5.41, 5.74) is 6.67. The number of thiophene rings is 1. The third-order valence-corrected chi connectivity index (χ3v) is 5.01. The van der Waals surface area contributed by atoms with Gasteiger partial charge in [-0.15, -0.1) is 23.7 Å². The second kappa shape index (κ2) is 6.57. The van der Waals surface area contributed by atoms with Crippen LogP contribution in [0.2, 0.25) is 0 Å². The van der Waals surface area contributed by atoms with E-state index >= 15 is 0 Å². The van der Waals surface area contributed by atoms with Gasteiger partial charge in [0.2, 0.25) is 0 Å². The molecule has 0 aliphatic carbocycles. The second-order valence-corrected chi connectivity index (χ2v) is 6.17. The van der Waals surface area contributed by atoms with E-state index in [1.54, 1.807) is 0 Å². The highest BCUT2D eigenvalue weighted by Crippen LogP contribution is 2.32. The van der Waals surface area contributed by atoms with Crippen LogP contribution in [0.1, 0.15) is 34.5 Å². The van der Waals surface area contributed by atoms with E-state index < -0.39 is 0 Å². The molecule has 0 spiro atoms. The van der Waals surface area contributed by atoms with Gasteiger partial charge in [0.25, 0.3) is 5.91 Å². The average Bonchev–Trinajstić information content (AvgIpc) is 2.79. The van der Waals surface area contributed by atoms with Gasteiger partial charge < -0.3 is 11.1 Å². The van der Waals surface area contributed by atoms with Gasteiger partial charge in [-0.05, 0) is 42.8 Å². The molecule has 1 atom stereocenters. The molecule has 2 heterocycles. The quantitative estimate of drug-likeness (QED) is 0.915. The zero-order valence-corrected chi connectivity index (χ0v) is 12.9. The SMILES string of the molecule is Cl.NC(=O)c1sc2ccccc2c1CC1CCCCN1. The topological polar surface area (TPSA) is 55.1 Å². The maximum absolute atomic E-state index is 11.6. The molecule has 1 unspecified atom stereocenters. The monoisotopic (exact) mass is 310 g/mol. The molecule has 5 heteroatoms. The van der Waals surface area contributed by atoms with Gasteiger partial charge in [0, 0.05) is 10.7 Å². The van der Waals surface area contributed by atoms with Crippen molar-refractivity contribution in [2.45, 2.75) is 31.7 Å². The largest absolute Gasteiger partial charge is 0.365 e. The van der Waals surface area contributed by atoms with Gasteiger partial charge >= 0.3 is 0 Å². The number of piperidine rings is 1. The first-order chi connectivity index (χ1) is 9.25. The zero-order valence-electron chi connectivity index (χ0n) is 11.2. The highest BCUT2D eigenvalue weighted by atomic mass is 35.5. The Hall–Kier alpha value is -1.10. The fourth-order valence-corrected chi connectivity index (χ4v) is 3.93. The van der Waals surface area contributed by atoms with Crippen molar-refractivity contribution >= 4 is 39.7 Å². The van der Waals surface area contributed by atoms with Gasteiger partial charge in [-0.25, -0.2) is 0 Å². The van der Waals surface area contributed by atoms with Crippen molar-refractivity contribution in [3.63, 3.8) is 0 Å². The fourth-order valence-electron chi connectivity index (χ4n) is 2.85. The molecule has 0 saturated carbocycles. The number of carbonyl (C=O) groups is 1. The van der Waals surface area contributed by atoms with Crippen LogP contribution >= 0.6 is 23.7 Å². The van der Waals surface area contributed by atoms with Gasteiger partial charge in [0.15, 0.2) is 0 Å². The number of benzene rings is 1. The number of carbonyl (C=O) groups excluding carboxylic acids is 1. The number of hydrogen-bond acceptors (Lipinski definition) is 3. The number of fused-ring (bicyclic) bond motifs is 1. The van der Waals surface area contributed by atoms with Crippen molar-refractivity contribution in [3.8, 4) is 0 Å². The molecule has 1 aromatic heterocycles. The maximum Gasteiger partial charge on any atom is 0.259 e. The fraction of sp³-hybridized carbons (Fsp3) is 0.400. The Morgan fingerprint density at radius 3 is 2.85 bits per heavy atom. The molecule has 108 valence electrons. The molecule has 2 aromatic rings. The Balaban J connectivity index is 0.00000147. The number of hydrogen-bond donors (Lipinski definition) is 2. The Kier molecular flexibility index (Phi) is 5.02. The van der Waals surface area contributed by atoms with Crippen molar-refractivity contribution < 1.29 is 4.79 Å². The van der Waals surface area contributed by atoms with Crippen LogP contribution in [0.15, 0.2) is 24.3 Å². The summed E-state index contributed by atoms with van der Waals surface area (Å²) in [6.07, 6.45) is 4.61. The number of rotatable bonds is 3. The van der Waals surface area contributed by atoms with Gasteiger partial charge in [0.05, 0.1) is 4.88 Å². The van der Waals surface area contributed by atoms with Crippen molar-refractivity contribution in [2.24, 2.45) is 5.73 Å². The van der Waals surface area contributed by atoms with Crippen LogP contribution in [0.25, 0.3) is 10.1 Å². The number of primary amides is 1. The van der Waals surface area contributed by atoms with E-state index in [0.717, 1.165) is 28.1 Å². The minimum Gasteiger partial charge on any atom is -0.365 e. The van der Waals surface area contributed by atoms with Crippen LogP contribution in [0.3, 0.4) is 0 Å². The Morgan fingerprint density at radius 1 is 1.35 bits per heavy atom. The number of halogens is 1. The molecular formula is C15H19ClN2OS. The Bertz CT molecular complexity index is 605. The molecule has 3 N–H and O–H groups in total. The van der Waals surface area contributed by atoms with Crippen molar-refractivity contribution in [3.05, 3.63) is 34.7 Å². The Labute approximate surface area is 129 Å². The molecule has 3 rings (SSSR count). The lowest BCUT2D eigenvalue weighted by atomic mass is 9.96. The molecule has 1 aliphatic rings. The van der Waals surface area contributed by atoms with Crippen LogP contribution in [-0.4, -0.2) is 18.5 Å². The summed E-state index contributed by atoms with van der Waals surface area (Å²) >= 11 is 1.52. The lowest BCUT2D eigenvalue weighted by Gasteiger charge is -2.23. The minimum atomic E-state index is -0.299. The minimum absolute atomic E-state index is 0. The summed E-state index contributed by atoms with van der Waals surface area (Å²) < 4.78 is 1.15. The van der Waals surface area contributed by atoms with E-state index in [1.807, 2.05) is 12.1 Å². The maximum atomic E-state index is 11.6. The first-order valence-electron chi connectivity index (χ1n) is 6.79. The normalized spacial score (nSPS) is 18.7. The second-order valence-electron chi connectivity index (χ2n) is 5.12. The number of nitrogens with one attached hydrogen (secondary N) is 1. The predicted octanol–water partition coefficient (Wildman–Crippen LogP) is 3.11. The van der Waals surface area contributed by atoms with Crippen molar-refractivity contribution in [1.82, 2.24) is 5.32 Å². The molecule has 0 radical (unpaired) electrons. The lowest BCUT2D eigenvalue weighted by molar-refractivity contribution is 0.100. The summed E-state index contributed by atoms with van der Waals surface area (Å²) in [5.74, 6) is -0.299. The predicted molar refractivity (Wildman–Crippen MR) is 86.9 cm³/mol. The highest BCUT2D eigenvalue weighted by Gasteiger charge is 2.20. The Morgan fingerprint density at radius 2 is 2.15 bits per heavy atom. The summed E-state index contributed by atoms with van der Waals surface area (Å²) in [6, 6.07) is 8.66. The molecule has 1 aromatic carbocycles. The molecule has 1 saturated heterocycles. The summed E-state index contributed by atoms with van der Waals surface area (Å²) in [6.45, 7) is 1.08.